The summed E-state index contributed by atoms with van der Waals surface area (Å²) in [4.78, 5) is 17.2. The molecule has 0 amide bonds. The van der Waals surface area contributed by atoms with Crippen molar-refractivity contribution in [3.8, 4) is 0 Å². The summed E-state index contributed by atoms with van der Waals surface area (Å²) in [6, 6.07) is 2.30. The van der Waals surface area contributed by atoms with Crippen molar-refractivity contribution >= 4 is 17.3 Å². The minimum atomic E-state index is -0.835. The summed E-state index contributed by atoms with van der Waals surface area (Å²) in [6.45, 7) is 6.95. The molecular weight excluding hydrogens is 274 g/mol. The first kappa shape index (κ1) is 15.4. The highest BCUT2D eigenvalue weighted by Gasteiger charge is 2.21. The minimum absolute atomic E-state index is 0.425. The van der Waals surface area contributed by atoms with Gasteiger partial charge < -0.3 is 15.3 Å². The number of aromatic carboxylic acids is 1. The molecule has 1 aliphatic rings. The van der Waals surface area contributed by atoms with E-state index in [1.807, 2.05) is 6.92 Å². The molecule has 6 heteroatoms. The number of nitrogens with zero attached hydrogens (tertiary/aromatic N) is 2. The highest BCUT2D eigenvalue weighted by molar-refractivity contribution is 7.14. The second-order valence-electron chi connectivity index (χ2n) is 5.52. The van der Waals surface area contributed by atoms with E-state index in [1.54, 1.807) is 6.07 Å². The Kier molecular flexibility index (Phi) is 5.15. The lowest BCUT2D eigenvalue weighted by Crippen LogP contribution is -2.53. The molecule has 0 saturated carbocycles. The van der Waals surface area contributed by atoms with Gasteiger partial charge in [0.2, 0.25) is 0 Å². The lowest BCUT2D eigenvalue weighted by atomic mass is 10.1. The van der Waals surface area contributed by atoms with Crippen LogP contribution in [0.3, 0.4) is 0 Å². The van der Waals surface area contributed by atoms with Crippen LogP contribution in [-0.4, -0.2) is 67.2 Å². The average Bonchev–Trinajstić information content (AvgIpc) is 2.76. The maximum absolute atomic E-state index is 10.9. The Balaban J connectivity index is 1.85. The third kappa shape index (κ3) is 3.79. The van der Waals surface area contributed by atoms with E-state index >= 15 is 0 Å². The van der Waals surface area contributed by atoms with Crippen molar-refractivity contribution in [1.29, 1.82) is 0 Å². The Morgan fingerprint density at radius 2 is 2.25 bits per heavy atom. The van der Waals surface area contributed by atoms with Crippen LogP contribution in [0.2, 0.25) is 0 Å². The van der Waals surface area contributed by atoms with Crippen LogP contribution >= 0.6 is 11.3 Å². The third-order valence-corrected chi connectivity index (χ3v) is 4.99. The highest BCUT2D eigenvalue weighted by Crippen LogP contribution is 2.21. The summed E-state index contributed by atoms with van der Waals surface area (Å²) in [5, 5.41) is 12.5. The van der Waals surface area contributed by atoms with Crippen LogP contribution in [0.15, 0.2) is 6.07 Å². The van der Waals surface area contributed by atoms with E-state index in [1.165, 1.54) is 11.3 Å². The fraction of sp³-hybridized carbons (Fsp3) is 0.643. The number of carboxylic acids is 1. The smallest absolute Gasteiger partial charge is 0.345 e. The van der Waals surface area contributed by atoms with Crippen LogP contribution < -0.4 is 5.32 Å². The molecule has 1 aromatic heterocycles. The molecule has 0 aliphatic carbocycles. The van der Waals surface area contributed by atoms with Crippen LogP contribution in [0, 0.1) is 6.92 Å². The molecular formula is C14H23N3O2S. The van der Waals surface area contributed by atoms with Crippen LogP contribution in [0.4, 0.5) is 0 Å². The van der Waals surface area contributed by atoms with Gasteiger partial charge >= 0.3 is 5.97 Å². The maximum atomic E-state index is 10.9. The molecule has 1 aromatic rings. The monoisotopic (exact) mass is 297 g/mol. The number of likely N-dealkylation sites (N-methyl/N-ethyl adjacent to an activating group) is 2. The lowest BCUT2D eigenvalue weighted by Gasteiger charge is -2.37. The zero-order chi connectivity index (χ0) is 14.7. The van der Waals surface area contributed by atoms with E-state index in [2.05, 4.69) is 29.2 Å². The predicted molar refractivity (Wildman–Crippen MR) is 81.6 cm³/mol. The molecule has 0 aromatic carbocycles. The van der Waals surface area contributed by atoms with Gasteiger partial charge in [-0.3, -0.25) is 4.90 Å². The van der Waals surface area contributed by atoms with Crippen molar-refractivity contribution in [2.24, 2.45) is 0 Å². The Morgan fingerprint density at radius 3 is 2.90 bits per heavy atom. The van der Waals surface area contributed by atoms with Crippen LogP contribution in [0.1, 0.15) is 20.1 Å². The first-order valence-electron chi connectivity index (χ1n) is 6.89. The molecule has 2 heterocycles. The Bertz CT molecular complexity index is 475. The SMILES string of the molecule is Cc1sc(C(=O)O)cc1CNCC1CN(C)CCN1C. The quantitative estimate of drug-likeness (QED) is 0.852. The van der Waals surface area contributed by atoms with Crippen LogP contribution in [-0.2, 0) is 6.54 Å². The number of thiophene rings is 1. The van der Waals surface area contributed by atoms with E-state index in [9.17, 15) is 4.79 Å². The normalized spacial score (nSPS) is 21.2. The molecule has 2 N–H and O–H groups in total. The van der Waals surface area contributed by atoms with Gasteiger partial charge in [0.15, 0.2) is 0 Å². The van der Waals surface area contributed by atoms with Gasteiger partial charge in [0.1, 0.15) is 4.88 Å². The van der Waals surface area contributed by atoms with Crippen LogP contribution in [0.25, 0.3) is 0 Å². The van der Waals surface area contributed by atoms with E-state index in [-0.39, 0.29) is 0 Å². The number of piperazine rings is 1. The van der Waals surface area contributed by atoms with Crippen molar-refractivity contribution in [3.05, 3.63) is 21.4 Å². The number of carboxylic acid groups (broad SMARTS) is 1. The van der Waals surface area contributed by atoms with E-state index in [0.29, 0.717) is 10.9 Å². The van der Waals surface area contributed by atoms with Gasteiger partial charge in [0.25, 0.3) is 0 Å². The highest BCUT2D eigenvalue weighted by atomic mass is 32.1. The van der Waals surface area contributed by atoms with Crippen LogP contribution in [0.5, 0.6) is 0 Å². The molecule has 20 heavy (non-hydrogen) atoms. The lowest BCUT2D eigenvalue weighted by molar-refractivity contribution is 0.0702. The number of hydrogen-bond donors (Lipinski definition) is 2. The zero-order valence-electron chi connectivity index (χ0n) is 12.3. The molecule has 1 saturated heterocycles. The van der Waals surface area contributed by atoms with E-state index < -0.39 is 5.97 Å². The molecule has 1 aliphatic heterocycles. The maximum Gasteiger partial charge on any atom is 0.345 e. The fourth-order valence-corrected chi connectivity index (χ4v) is 3.38. The number of rotatable bonds is 5. The van der Waals surface area contributed by atoms with Crippen molar-refractivity contribution in [3.63, 3.8) is 0 Å². The Morgan fingerprint density at radius 1 is 1.50 bits per heavy atom. The number of carbonyl (C=O) groups is 1. The molecule has 1 atom stereocenters. The minimum Gasteiger partial charge on any atom is -0.477 e. The summed E-state index contributed by atoms with van der Waals surface area (Å²) in [7, 11) is 4.32. The van der Waals surface area contributed by atoms with Gasteiger partial charge in [0.05, 0.1) is 0 Å². The average molecular weight is 297 g/mol. The molecule has 1 unspecified atom stereocenters. The standard InChI is InChI=1S/C14H23N3O2S/c1-10-11(6-13(20-10)14(18)19)7-15-8-12-9-16(2)4-5-17(12)3/h6,12,15H,4-5,7-9H2,1-3H3,(H,18,19). The number of hydrogen-bond acceptors (Lipinski definition) is 5. The van der Waals surface area contributed by atoms with Crippen molar-refractivity contribution in [2.45, 2.75) is 19.5 Å². The van der Waals surface area contributed by atoms with Gasteiger partial charge in [-0.25, -0.2) is 4.79 Å². The molecule has 0 radical (unpaired) electrons. The number of nitrogens with one attached hydrogen (secondary N) is 1. The molecule has 0 bridgehead atoms. The molecule has 0 spiro atoms. The fourth-order valence-electron chi connectivity index (χ4n) is 2.50. The molecule has 2 rings (SSSR count). The summed E-state index contributed by atoms with van der Waals surface area (Å²) in [5.74, 6) is -0.835. The van der Waals surface area contributed by atoms with Gasteiger partial charge in [0, 0.05) is 43.6 Å². The second-order valence-corrected chi connectivity index (χ2v) is 6.78. The van der Waals surface area contributed by atoms with Gasteiger partial charge in [-0.1, -0.05) is 0 Å². The third-order valence-electron chi connectivity index (χ3n) is 3.91. The molecule has 112 valence electrons. The number of aryl methyl sites for hydroxylation is 1. The first-order valence-corrected chi connectivity index (χ1v) is 7.71. The molecule has 5 nitrogen and oxygen atoms in total. The largest absolute Gasteiger partial charge is 0.477 e. The van der Waals surface area contributed by atoms with Crippen molar-refractivity contribution in [1.82, 2.24) is 15.1 Å². The summed E-state index contributed by atoms with van der Waals surface area (Å²) in [5.41, 5.74) is 1.10. The van der Waals surface area contributed by atoms with E-state index in [0.717, 1.165) is 43.2 Å². The second kappa shape index (κ2) is 6.67. The first-order chi connectivity index (χ1) is 9.47. The van der Waals surface area contributed by atoms with Gasteiger partial charge in [-0.05, 0) is 32.6 Å². The topological polar surface area (TPSA) is 55.8 Å². The Labute approximate surface area is 124 Å². The summed E-state index contributed by atoms with van der Waals surface area (Å²) in [6.07, 6.45) is 0. The summed E-state index contributed by atoms with van der Waals surface area (Å²) >= 11 is 1.35. The molecule has 1 fully saturated rings. The van der Waals surface area contributed by atoms with Gasteiger partial charge in [-0.15, -0.1) is 11.3 Å². The van der Waals surface area contributed by atoms with Crippen molar-refractivity contribution < 1.29 is 9.90 Å². The zero-order valence-corrected chi connectivity index (χ0v) is 13.2. The Hall–Kier alpha value is -0.950. The predicted octanol–water partition coefficient (Wildman–Crippen LogP) is 1.09. The van der Waals surface area contributed by atoms with Crippen molar-refractivity contribution in [2.75, 3.05) is 40.3 Å². The van der Waals surface area contributed by atoms with Gasteiger partial charge in [-0.2, -0.15) is 0 Å². The van der Waals surface area contributed by atoms with E-state index in [4.69, 9.17) is 5.11 Å². The summed E-state index contributed by atoms with van der Waals surface area (Å²) < 4.78 is 0.